The molecule has 0 spiro atoms. The second-order valence-corrected chi connectivity index (χ2v) is 8.64. The maximum absolute atomic E-state index is 12.4. The third-order valence-corrected chi connectivity index (χ3v) is 7.28. The number of rotatable bonds is 4. The average Bonchev–Trinajstić information content (AvgIpc) is 2.65. The van der Waals surface area contributed by atoms with Crippen molar-refractivity contribution in [1.29, 1.82) is 0 Å². The molecule has 19 heavy (non-hydrogen) atoms. The minimum absolute atomic E-state index is 0.380. The Kier molecular flexibility index (Phi) is 4.15. The maximum Gasteiger partial charge on any atom is 0.214 e. The first kappa shape index (κ1) is 13.8. The molecule has 0 amide bonds. The number of hydrogen-bond acceptors (Lipinski definition) is 3. The fourth-order valence-corrected chi connectivity index (χ4v) is 5.36. The molecule has 0 bridgehead atoms. The van der Waals surface area contributed by atoms with Crippen molar-refractivity contribution in [3.05, 3.63) is 0 Å². The monoisotopic (exact) mass is 286 g/mol. The molecule has 2 atom stereocenters. The molecule has 3 rings (SSSR count). The van der Waals surface area contributed by atoms with Crippen LogP contribution in [0.1, 0.15) is 38.5 Å². The molecule has 0 unspecified atom stereocenters. The molecule has 2 saturated heterocycles. The Labute approximate surface area is 117 Å². The van der Waals surface area contributed by atoms with Gasteiger partial charge in [0.05, 0.1) is 5.75 Å². The van der Waals surface area contributed by atoms with E-state index in [2.05, 4.69) is 5.32 Å². The van der Waals surface area contributed by atoms with Gasteiger partial charge in [0, 0.05) is 13.1 Å². The fourth-order valence-electron chi connectivity index (χ4n) is 3.70. The fraction of sp³-hybridized carbons (Fsp3) is 1.00. The summed E-state index contributed by atoms with van der Waals surface area (Å²) in [5, 5.41) is 3.43. The number of sulfonamides is 1. The second-order valence-electron chi connectivity index (χ2n) is 6.56. The lowest BCUT2D eigenvalue weighted by Crippen LogP contribution is -2.35. The smallest absolute Gasteiger partial charge is 0.214 e. The van der Waals surface area contributed by atoms with Crippen LogP contribution in [0.15, 0.2) is 0 Å². The summed E-state index contributed by atoms with van der Waals surface area (Å²) in [6.07, 6.45) is 6.75. The van der Waals surface area contributed by atoms with Crippen molar-refractivity contribution in [1.82, 2.24) is 9.62 Å². The third kappa shape index (κ3) is 3.14. The van der Waals surface area contributed by atoms with E-state index < -0.39 is 10.0 Å². The van der Waals surface area contributed by atoms with Crippen LogP contribution < -0.4 is 5.32 Å². The lowest BCUT2D eigenvalue weighted by molar-refractivity contribution is 0.304. The lowest BCUT2D eigenvalue weighted by atomic mass is 9.84. The summed E-state index contributed by atoms with van der Waals surface area (Å²) >= 11 is 0. The van der Waals surface area contributed by atoms with Gasteiger partial charge in [-0.3, -0.25) is 0 Å². The molecule has 0 radical (unpaired) electrons. The van der Waals surface area contributed by atoms with E-state index in [1.165, 1.54) is 19.3 Å². The second kappa shape index (κ2) is 5.70. The molecule has 0 aromatic rings. The Hall–Kier alpha value is -0.130. The van der Waals surface area contributed by atoms with E-state index in [1.807, 2.05) is 0 Å². The van der Waals surface area contributed by atoms with Gasteiger partial charge in [-0.05, 0) is 50.1 Å². The zero-order valence-corrected chi connectivity index (χ0v) is 12.5. The van der Waals surface area contributed by atoms with E-state index in [9.17, 15) is 8.42 Å². The van der Waals surface area contributed by atoms with Gasteiger partial charge >= 0.3 is 0 Å². The van der Waals surface area contributed by atoms with Crippen LogP contribution in [0.25, 0.3) is 0 Å². The Bertz CT molecular complexity index is 392. The molecule has 0 aromatic carbocycles. The molecule has 2 aliphatic heterocycles. The summed E-state index contributed by atoms with van der Waals surface area (Å²) in [6, 6.07) is 0. The van der Waals surface area contributed by atoms with E-state index in [-0.39, 0.29) is 0 Å². The number of nitrogens with zero attached hydrogens (tertiary/aromatic N) is 1. The molecule has 3 aliphatic rings. The van der Waals surface area contributed by atoms with Crippen molar-refractivity contribution in [2.24, 2.45) is 17.8 Å². The first-order valence-electron chi connectivity index (χ1n) is 7.84. The molecule has 4 nitrogen and oxygen atoms in total. The highest BCUT2D eigenvalue weighted by atomic mass is 32.2. The lowest BCUT2D eigenvalue weighted by Gasteiger charge is -2.27. The SMILES string of the molecule is O=S(=O)(CCC1CCC1)N1CC[C@@H]2CNC[C@@H]2CC1. The van der Waals surface area contributed by atoms with Crippen LogP contribution in [0.2, 0.25) is 0 Å². The minimum atomic E-state index is -3.00. The van der Waals surface area contributed by atoms with E-state index in [0.29, 0.717) is 23.5 Å². The maximum atomic E-state index is 12.4. The van der Waals surface area contributed by atoms with Crippen molar-refractivity contribution < 1.29 is 8.42 Å². The minimum Gasteiger partial charge on any atom is -0.316 e. The Morgan fingerprint density at radius 2 is 1.63 bits per heavy atom. The first-order valence-corrected chi connectivity index (χ1v) is 9.44. The standard InChI is InChI=1S/C14H26N2O2S/c17-19(18,9-6-12-2-1-3-12)16-7-4-13-10-15-11-14(13)5-8-16/h12-15H,1-11H2/t13-,14+. The van der Waals surface area contributed by atoms with Gasteiger partial charge in [0.2, 0.25) is 10.0 Å². The zero-order chi connectivity index (χ0) is 13.3. The normalized spacial score (nSPS) is 33.7. The molecule has 1 N–H and O–H groups in total. The van der Waals surface area contributed by atoms with Crippen LogP contribution in [0.5, 0.6) is 0 Å². The molecule has 3 fully saturated rings. The van der Waals surface area contributed by atoms with Gasteiger partial charge in [-0.2, -0.15) is 0 Å². The predicted octanol–water partition coefficient (Wildman–Crippen LogP) is 1.44. The third-order valence-electron chi connectivity index (χ3n) is 5.38. The topological polar surface area (TPSA) is 49.4 Å². The highest BCUT2D eigenvalue weighted by Gasteiger charge is 2.34. The Morgan fingerprint density at radius 1 is 1.00 bits per heavy atom. The molecule has 1 aliphatic carbocycles. The van der Waals surface area contributed by atoms with Crippen LogP contribution in [0.4, 0.5) is 0 Å². The van der Waals surface area contributed by atoms with Crippen molar-refractivity contribution in [2.45, 2.75) is 38.5 Å². The summed E-state index contributed by atoms with van der Waals surface area (Å²) < 4.78 is 26.6. The van der Waals surface area contributed by atoms with Gasteiger partial charge < -0.3 is 5.32 Å². The molecule has 0 aromatic heterocycles. The summed E-state index contributed by atoms with van der Waals surface area (Å²) in [4.78, 5) is 0. The molecular weight excluding hydrogens is 260 g/mol. The van der Waals surface area contributed by atoms with E-state index in [1.54, 1.807) is 4.31 Å². The van der Waals surface area contributed by atoms with Gasteiger partial charge in [-0.1, -0.05) is 19.3 Å². The van der Waals surface area contributed by atoms with Gasteiger partial charge in [0.25, 0.3) is 0 Å². The van der Waals surface area contributed by atoms with Crippen LogP contribution >= 0.6 is 0 Å². The first-order chi connectivity index (χ1) is 9.15. The summed E-state index contributed by atoms with van der Waals surface area (Å²) in [5.74, 6) is 2.47. The largest absolute Gasteiger partial charge is 0.316 e. The molecular formula is C14H26N2O2S. The Morgan fingerprint density at radius 3 is 2.16 bits per heavy atom. The van der Waals surface area contributed by atoms with Crippen LogP contribution in [0, 0.1) is 17.8 Å². The van der Waals surface area contributed by atoms with Crippen molar-refractivity contribution in [3.63, 3.8) is 0 Å². The summed E-state index contributed by atoms with van der Waals surface area (Å²) in [6.45, 7) is 3.66. The van der Waals surface area contributed by atoms with E-state index >= 15 is 0 Å². The highest BCUT2D eigenvalue weighted by molar-refractivity contribution is 7.89. The quantitative estimate of drug-likeness (QED) is 0.851. The highest BCUT2D eigenvalue weighted by Crippen LogP contribution is 2.31. The average molecular weight is 286 g/mol. The van der Waals surface area contributed by atoms with Gasteiger partial charge in [0.1, 0.15) is 0 Å². The predicted molar refractivity (Wildman–Crippen MR) is 76.4 cm³/mol. The Balaban J connectivity index is 1.54. The van der Waals surface area contributed by atoms with Gasteiger partial charge in [-0.25, -0.2) is 12.7 Å². The van der Waals surface area contributed by atoms with Gasteiger partial charge in [0.15, 0.2) is 0 Å². The number of hydrogen-bond donors (Lipinski definition) is 1. The molecule has 110 valence electrons. The van der Waals surface area contributed by atoms with Crippen molar-refractivity contribution in [2.75, 3.05) is 31.9 Å². The molecule has 5 heteroatoms. The van der Waals surface area contributed by atoms with Gasteiger partial charge in [-0.15, -0.1) is 0 Å². The van der Waals surface area contributed by atoms with Crippen molar-refractivity contribution >= 4 is 10.0 Å². The molecule has 1 saturated carbocycles. The zero-order valence-electron chi connectivity index (χ0n) is 11.7. The number of fused-ring (bicyclic) bond motifs is 1. The number of nitrogens with one attached hydrogen (secondary N) is 1. The van der Waals surface area contributed by atoms with E-state index in [0.717, 1.165) is 45.4 Å². The van der Waals surface area contributed by atoms with Crippen LogP contribution in [-0.4, -0.2) is 44.7 Å². The summed E-state index contributed by atoms with van der Waals surface area (Å²) in [5.41, 5.74) is 0. The van der Waals surface area contributed by atoms with Crippen molar-refractivity contribution in [3.8, 4) is 0 Å². The van der Waals surface area contributed by atoms with Crippen LogP contribution in [-0.2, 0) is 10.0 Å². The van der Waals surface area contributed by atoms with E-state index in [4.69, 9.17) is 0 Å². The molecule has 2 heterocycles. The van der Waals surface area contributed by atoms with Crippen LogP contribution in [0.3, 0.4) is 0 Å². The summed E-state index contributed by atoms with van der Waals surface area (Å²) in [7, 11) is -3.00.